The van der Waals surface area contributed by atoms with Gasteiger partial charge in [0.25, 0.3) is 0 Å². The molecule has 204 valence electrons. The van der Waals surface area contributed by atoms with Gasteiger partial charge < -0.3 is 9.97 Å². The SMILES string of the molecule is O=C(c1nc2ccccc2[nH]1)C1C(c2ccc(Cl)cc2)C(c2c[nH]c3ccccc23)NC12C(=O)c1ccccc1C2=O. The average Bonchev–Trinajstić information content (AvgIpc) is 3.77. The molecule has 3 unspecified atom stereocenters. The van der Waals surface area contributed by atoms with E-state index in [1.165, 1.54) is 0 Å². The van der Waals surface area contributed by atoms with Gasteiger partial charge in [0.05, 0.1) is 17.0 Å². The molecular weight excluding hydrogens is 548 g/mol. The Kier molecular flexibility index (Phi) is 5.38. The van der Waals surface area contributed by atoms with E-state index in [-0.39, 0.29) is 5.82 Å². The second-order valence-corrected chi connectivity index (χ2v) is 11.4. The van der Waals surface area contributed by atoms with Gasteiger partial charge >= 0.3 is 0 Å². The number of aromatic nitrogens is 3. The Balaban J connectivity index is 1.40. The zero-order valence-corrected chi connectivity index (χ0v) is 22.9. The number of Topliss-reactive ketones (excluding diaryl/α,β-unsaturated/α-hetero) is 3. The predicted octanol–water partition coefficient (Wildman–Crippen LogP) is 6.44. The summed E-state index contributed by atoms with van der Waals surface area (Å²) in [5.41, 5.74) is 2.68. The lowest BCUT2D eigenvalue weighted by Gasteiger charge is -2.29. The number of H-pyrrole nitrogens is 2. The maximum Gasteiger partial charge on any atom is 0.204 e. The van der Waals surface area contributed by atoms with Gasteiger partial charge in [0.1, 0.15) is 0 Å². The number of hydrogen-bond acceptors (Lipinski definition) is 5. The van der Waals surface area contributed by atoms with E-state index in [0.29, 0.717) is 27.2 Å². The summed E-state index contributed by atoms with van der Waals surface area (Å²) in [5, 5.41) is 4.98. The smallest absolute Gasteiger partial charge is 0.204 e. The second-order valence-electron chi connectivity index (χ2n) is 10.9. The van der Waals surface area contributed by atoms with Gasteiger partial charge in [0, 0.05) is 45.2 Å². The summed E-state index contributed by atoms with van der Waals surface area (Å²) >= 11 is 6.29. The molecule has 6 aromatic rings. The Morgan fingerprint density at radius 2 is 1.43 bits per heavy atom. The van der Waals surface area contributed by atoms with Gasteiger partial charge in [-0.05, 0) is 41.5 Å². The molecular formula is C34H23ClN4O3. The highest BCUT2D eigenvalue weighted by Crippen LogP contribution is 2.55. The normalized spacial score (nSPS) is 21.0. The van der Waals surface area contributed by atoms with Crippen LogP contribution in [-0.4, -0.2) is 37.8 Å². The first-order valence-electron chi connectivity index (χ1n) is 13.7. The summed E-state index contributed by atoms with van der Waals surface area (Å²) in [6, 6.07) is 28.7. The Morgan fingerprint density at radius 1 is 0.786 bits per heavy atom. The number of fused-ring (bicyclic) bond motifs is 3. The van der Waals surface area contributed by atoms with Crippen molar-refractivity contribution >= 4 is 50.9 Å². The molecule has 4 aromatic carbocycles. The third-order valence-electron chi connectivity index (χ3n) is 8.82. The Bertz CT molecular complexity index is 2010. The lowest BCUT2D eigenvalue weighted by molar-refractivity contribution is 0.0653. The van der Waals surface area contributed by atoms with Crippen LogP contribution in [0, 0.1) is 5.92 Å². The monoisotopic (exact) mass is 570 g/mol. The molecule has 2 aliphatic rings. The molecule has 0 radical (unpaired) electrons. The van der Waals surface area contributed by atoms with Gasteiger partial charge in [-0.25, -0.2) is 4.98 Å². The van der Waals surface area contributed by atoms with Gasteiger partial charge in [-0.1, -0.05) is 78.3 Å². The number of carbonyl (C=O) groups excluding carboxylic acids is 3. The van der Waals surface area contributed by atoms with Crippen LogP contribution in [0.4, 0.5) is 0 Å². The fourth-order valence-electron chi connectivity index (χ4n) is 6.98. The van der Waals surface area contributed by atoms with Crippen LogP contribution in [-0.2, 0) is 0 Å². The van der Waals surface area contributed by atoms with Crippen LogP contribution in [0.15, 0.2) is 103 Å². The van der Waals surface area contributed by atoms with Gasteiger partial charge in [0.2, 0.25) is 5.78 Å². The number of benzene rings is 4. The quantitative estimate of drug-likeness (QED) is 0.167. The zero-order chi connectivity index (χ0) is 28.6. The molecule has 2 aromatic heterocycles. The van der Waals surface area contributed by atoms with Crippen molar-refractivity contribution in [1.29, 1.82) is 0 Å². The maximum atomic E-state index is 14.8. The Hall–Kier alpha value is -4.85. The van der Waals surface area contributed by atoms with Gasteiger partial charge in [0.15, 0.2) is 22.9 Å². The molecule has 1 saturated heterocycles. The van der Waals surface area contributed by atoms with E-state index in [4.69, 9.17) is 11.6 Å². The number of rotatable bonds is 4. The summed E-state index contributed by atoms with van der Waals surface area (Å²) in [6.07, 6.45) is 1.89. The van der Waals surface area contributed by atoms with Crippen LogP contribution >= 0.6 is 11.6 Å². The van der Waals surface area contributed by atoms with Crippen molar-refractivity contribution in [2.24, 2.45) is 5.92 Å². The topological polar surface area (TPSA) is 108 Å². The number of ketones is 3. The average molecular weight is 571 g/mol. The first-order chi connectivity index (χ1) is 20.5. The van der Waals surface area contributed by atoms with E-state index in [9.17, 15) is 14.4 Å². The third-order valence-corrected chi connectivity index (χ3v) is 9.07. The third kappa shape index (κ3) is 3.38. The predicted molar refractivity (Wildman–Crippen MR) is 160 cm³/mol. The van der Waals surface area contributed by atoms with Crippen LogP contribution in [0.25, 0.3) is 21.9 Å². The van der Waals surface area contributed by atoms with Crippen molar-refractivity contribution in [3.05, 3.63) is 136 Å². The Labute approximate surface area is 244 Å². The van der Waals surface area contributed by atoms with Crippen LogP contribution in [0.3, 0.4) is 0 Å². The highest BCUT2D eigenvalue weighted by molar-refractivity contribution is 6.35. The molecule has 3 N–H and O–H groups in total. The molecule has 0 saturated carbocycles. The number of nitrogens with zero attached hydrogens (tertiary/aromatic N) is 1. The summed E-state index contributed by atoms with van der Waals surface area (Å²) in [6.45, 7) is 0. The van der Waals surface area contributed by atoms with Crippen molar-refractivity contribution in [2.75, 3.05) is 0 Å². The minimum atomic E-state index is -1.83. The number of imidazole rings is 1. The number of hydrogen-bond donors (Lipinski definition) is 3. The molecule has 8 heteroatoms. The largest absolute Gasteiger partial charge is 0.361 e. The number of aromatic amines is 2. The van der Waals surface area contributed by atoms with Crippen LogP contribution in [0.1, 0.15) is 54.4 Å². The van der Waals surface area contributed by atoms with Gasteiger partial charge in [-0.15, -0.1) is 0 Å². The van der Waals surface area contributed by atoms with E-state index in [1.807, 2.05) is 66.9 Å². The van der Waals surface area contributed by atoms with Gasteiger partial charge in [-0.2, -0.15) is 0 Å². The molecule has 8 rings (SSSR count). The highest BCUT2D eigenvalue weighted by atomic mass is 35.5. The molecule has 3 heterocycles. The molecule has 0 amide bonds. The number of carbonyl (C=O) groups is 3. The van der Waals surface area contributed by atoms with Crippen molar-refractivity contribution in [3.8, 4) is 0 Å². The summed E-state index contributed by atoms with van der Waals surface area (Å²) in [7, 11) is 0. The number of para-hydroxylation sites is 3. The van der Waals surface area contributed by atoms with Crippen molar-refractivity contribution in [3.63, 3.8) is 0 Å². The van der Waals surface area contributed by atoms with Gasteiger partial charge in [-0.3, -0.25) is 19.7 Å². The number of halogens is 1. The lowest BCUT2D eigenvalue weighted by Crippen LogP contribution is -2.57. The standard InChI is InChI=1S/C34H23ClN4O3/c35-19-15-13-18(14-16-19)27-28(30(40)33-37-25-11-5-6-12-26(25)38-33)34(31(41)21-8-1-2-9-22(21)32(34)42)39-29(27)23-17-36-24-10-4-3-7-20(23)24/h1-17,27-29,36,39H,(H,37,38). The molecule has 1 fully saturated rings. The van der Waals surface area contributed by atoms with E-state index in [0.717, 1.165) is 22.0 Å². The molecule has 42 heavy (non-hydrogen) atoms. The second kappa shape index (κ2) is 9.08. The summed E-state index contributed by atoms with van der Waals surface area (Å²) in [4.78, 5) is 54.8. The van der Waals surface area contributed by atoms with E-state index >= 15 is 0 Å². The van der Waals surface area contributed by atoms with Crippen LogP contribution < -0.4 is 5.32 Å². The molecule has 1 aliphatic carbocycles. The summed E-state index contributed by atoms with van der Waals surface area (Å²) in [5.74, 6) is -2.82. The van der Waals surface area contributed by atoms with Crippen molar-refractivity contribution in [1.82, 2.24) is 20.3 Å². The van der Waals surface area contributed by atoms with E-state index in [1.54, 1.807) is 36.4 Å². The Morgan fingerprint density at radius 3 is 2.14 bits per heavy atom. The molecule has 0 bridgehead atoms. The molecule has 1 spiro atoms. The van der Waals surface area contributed by atoms with E-state index in [2.05, 4.69) is 20.3 Å². The molecule has 7 nitrogen and oxygen atoms in total. The van der Waals surface area contributed by atoms with E-state index < -0.39 is 40.8 Å². The zero-order valence-electron chi connectivity index (χ0n) is 22.1. The minimum absolute atomic E-state index is 0.109. The van der Waals surface area contributed by atoms with Crippen LogP contribution in [0.5, 0.6) is 0 Å². The number of nitrogens with one attached hydrogen (secondary N) is 3. The fraction of sp³-hybridized carbons (Fsp3) is 0.118. The fourth-order valence-corrected chi connectivity index (χ4v) is 7.10. The maximum absolute atomic E-state index is 14.8. The van der Waals surface area contributed by atoms with Crippen molar-refractivity contribution in [2.45, 2.75) is 17.5 Å². The minimum Gasteiger partial charge on any atom is -0.361 e. The highest BCUT2D eigenvalue weighted by Gasteiger charge is 2.68. The summed E-state index contributed by atoms with van der Waals surface area (Å²) < 4.78 is 0. The molecule has 1 aliphatic heterocycles. The first-order valence-corrected chi connectivity index (χ1v) is 14.1. The molecule has 3 atom stereocenters. The lowest BCUT2D eigenvalue weighted by atomic mass is 9.70. The first kappa shape index (κ1) is 24.9. The van der Waals surface area contributed by atoms with Crippen molar-refractivity contribution < 1.29 is 14.4 Å². The van der Waals surface area contributed by atoms with Crippen LogP contribution in [0.2, 0.25) is 5.02 Å².